The zero-order valence-corrected chi connectivity index (χ0v) is 10.2. The summed E-state index contributed by atoms with van der Waals surface area (Å²) in [5.41, 5.74) is 2.66. The smallest absolute Gasteiger partial charge is 0.251 e. The van der Waals surface area contributed by atoms with E-state index in [9.17, 15) is 9.90 Å². The number of rotatable bonds is 2. The molecule has 0 fully saturated rings. The van der Waals surface area contributed by atoms with Crippen molar-refractivity contribution < 1.29 is 9.90 Å². The number of carbonyl (C=O) groups excluding carboxylic acids is 1. The Labute approximate surface area is 110 Å². The van der Waals surface area contributed by atoms with Gasteiger partial charge in [0.15, 0.2) is 0 Å². The van der Waals surface area contributed by atoms with E-state index in [1.165, 1.54) is 5.01 Å². The summed E-state index contributed by atoms with van der Waals surface area (Å²) in [6, 6.07) is 14.3. The van der Waals surface area contributed by atoms with Crippen molar-refractivity contribution in [2.24, 2.45) is 5.10 Å². The van der Waals surface area contributed by atoms with Crippen molar-refractivity contribution in [3.05, 3.63) is 59.7 Å². The summed E-state index contributed by atoms with van der Waals surface area (Å²) in [5.74, 6) is 0.177. The number of phenols is 1. The number of anilines is 1. The highest BCUT2D eigenvalue weighted by atomic mass is 16.3. The lowest BCUT2D eigenvalue weighted by atomic mass is 10.2. The molecular formula is C15H12N2O2. The first kappa shape index (κ1) is 11.5. The van der Waals surface area contributed by atoms with Crippen LogP contribution in [0, 0.1) is 0 Å². The normalized spacial score (nSPS) is 14.1. The second kappa shape index (κ2) is 4.57. The van der Waals surface area contributed by atoms with Gasteiger partial charge in [0.1, 0.15) is 5.75 Å². The Morgan fingerprint density at radius 2 is 1.84 bits per heavy atom. The molecule has 0 spiro atoms. The van der Waals surface area contributed by atoms with Gasteiger partial charge in [0.25, 0.3) is 5.91 Å². The Hall–Kier alpha value is -2.62. The van der Waals surface area contributed by atoms with Crippen molar-refractivity contribution in [1.29, 1.82) is 0 Å². The van der Waals surface area contributed by atoms with E-state index in [0.29, 0.717) is 6.42 Å². The molecule has 1 aliphatic heterocycles. The maximum absolute atomic E-state index is 11.9. The SMILES string of the molecule is O=C1Cc2ccccc2N1/N=C/c1ccc(O)cc1. The number of benzene rings is 2. The van der Waals surface area contributed by atoms with E-state index in [4.69, 9.17) is 0 Å². The molecule has 1 aliphatic rings. The number of para-hydroxylation sites is 1. The summed E-state index contributed by atoms with van der Waals surface area (Å²) in [6.45, 7) is 0. The Kier molecular flexibility index (Phi) is 2.76. The van der Waals surface area contributed by atoms with E-state index >= 15 is 0 Å². The van der Waals surface area contributed by atoms with Gasteiger partial charge in [-0.15, -0.1) is 0 Å². The minimum Gasteiger partial charge on any atom is -0.508 e. The predicted molar refractivity (Wildman–Crippen MR) is 73.3 cm³/mol. The number of aromatic hydroxyl groups is 1. The molecule has 0 unspecified atom stereocenters. The number of hydrogen-bond donors (Lipinski definition) is 1. The molecule has 4 nitrogen and oxygen atoms in total. The lowest BCUT2D eigenvalue weighted by Gasteiger charge is -2.09. The Morgan fingerprint density at radius 1 is 1.11 bits per heavy atom. The minimum atomic E-state index is -0.0313. The average Bonchev–Trinajstić information content (AvgIpc) is 2.74. The lowest BCUT2D eigenvalue weighted by Crippen LogP contribution is -2.20. The topological polar surface area (TPSA) is 52.9 Å². The number of carbonyl (C=O) groups is 1. The van der Waals surface area contributed by atoms with Gasteiger partial charge in [-0.1, -0.05) is 18.2 Å². The third-order valence-electron chi connectivity index (χ3n) is 3.01. The van der Waals surface area contributed by atoms with Gasteiger partial charge >= 0.3 is 0 Å². The van der Waals surface area contributed by atoms with Crippen molar-refractivity contribution in [1.82, 2.24) is 0 Å². The average molecular weight is 252 g/mol. The van der Waals surface area contributed by atoms with Gasteiger partial charge in [-0.3, -0.25) is 4.79 Å². The molecule has 2 aromatic rings. The summed E-state index contributed by atoms with van der Waals surface area (Å²) < 4.78 is 0. The zero-order chi connectivity index (χ0) is 13.2. The van der Waals surface area contributed by atoms with Crippen LogP contribution in [0.4, 0.5) is 5.69 Å². The number of amides is 1. The van der Waals surface area contributed by atoms with Crippen LogP contribution in [0.3, 0.4) is 0 Å². The van der Waals surface area contributed by atoms with Gasteiger partial charge in [0.2, 0.25) is 0 Å². The fraction of sp³-hybridized carbons (Fsp3) is 0.0667. The summed E-state index contributed by atoms with van der Waals surface area (Å²) >= 11 is 0. The van der Waals surface area contributed by atoms with Crippen molar-refractivity contribution in [2.45, 2.75) is 6.42 Å². The Morgan fingerprint density at radius 3 is 2.63 bits per heavy atom. The van der Waals surface area contributed by atoms with Crippen LogP contribution in [0.2, 0.25) is 0 Å². The molecule has 1 amide bonds. The standard InChI is InChI=1S/C15H12N2O2/c18-13-7-5-11(6-8-13)10-16-17-14-4-2-1-3-12(14)9-15(17)19/h1-8,10,18H,9H2/b16-10+. The van der Waals surface area contributed by atoms with Crippen LogP contribution in [-0.4, -0.2) is 17.2 Å². The second-order valence-corrected chi connectivity index (χ2v) is 4.35. The molecule has 0 saturated carbocycles. The van der Waals surface area contributed by atoms with Gasteiger partial charge in [-0.2, -0.15) is 5.10 Å². The first-order valence-electron chi connectivity index (χ1n) is 5.98. The summed E-state index contributed by atoms with van der Waals surface area (Å²) in [4.78, 5) is 11.9. The number of phenolic OH excluding ortho intramolecular Hbond substituents is 1. The van der Waals surface area contributed by atoms with Crippen LogP contribution in [0.15, 0.2) is 53.6 Å². The Bertz CT molecular complexity index is 647. The van der Waals surface area contributed by atoms with Crippen LogP contribution in [-0.2, 0) is 11.2 Å². The van der Waals surface area contributed by atoms with Gasteiger partial charge in [-0.05, 0) is 41.5 Å². The minimum absolute atomic E-state index is 0.0313. The molecule has 3 rings (SSSR count). The highest BCUT2D eigenvalue weighted by Crippen LogP contribution is 2.28. The van der Waals surface area contributed by atoms with Crippen LogP contribution < -0.4 is 5.01 Å². The molecule has 0 saturated heterocycles. The van der Waals surface area contributed by atoms with Crippen molar-refractivity contribution in [3.8, 4) is 5.75 Å². The van der Waals surface area contributed by atoms with Gasteiger partial charge in [0.05, 0.1) is 18.3 Å². The molecule has 2 aromatic carbocycles. The van der Waals surface area contributed by atoms with E-state index in [2.05, 4.69) is 5.10 Å². The summed E-state index contributed by atoms with van der Waals surface area (Å²) in [6.07, 6.45) is 2.00. The quantitative estimate of drug-likeness (QED) is 0.834. The molecule has 0 aliphatic carbocycles. The molecule has 0 atom stereocenters. The Balaban J connectivity index is 1.87. The van der Waals surface area contributed by atoms with Crippen molar-refractivity contribution >= 4 is 17.8 Å². The van der Waals surface area contributed by atoms with Crippen LogP contribution in [0.25, 0.3) is 0 Å². The molecule has 0 radical (unpaired) electrons. The second-order valence-electron chi connectivity index (χ2n) is 4.35. The van der Waals surface area contributed by atoms with E-state index in [-0.39, 0.29) is 11.7 Å². The van der Waals surface area contributed by atoms with E-state index in [1.807, 2.05) is 24.3 Å². The van der Waals surface area contributed by atoms with Crippen molar-refractivity contribution in [3.63, 3.8) is 0 Å². The van der Waals surface area contributed by atoms with E-state index < -0.39 is 0 Å². The third-order valence-corrected chi connectivity index (χ3v) is 3.01. The molecule has 0 bridgehead atoms. The van der Waals surface area contributed by atoms with Crippen LogP contribution >= 0.6 is 0 Å². The molecule has 19 heavy (non-hydrogen) atoms. The predicted octanol–water partition coefficient (Wildman–Crippen LogP) is 2.32. The molecular weight excluding hydrogens is 240 g/mol. The van der Waals surface area contributed by atoms with Crippen molar-refractivity contribution in [2.75, 3.05) is 5.01 Å². The molecule has 1 N–H and O–H groups in total. The molecule has 94 valence electrons. The van der Waals surface area contributed by atoms with Gasteiger partial charge < -0.3 is 5.11 Å². The van der Waals surface area contributed by atoms with Gasteiger partial charge in [-0.25, -0.2) is 5.01 Å². The first-order chi connectivity index (χ1) is 9.24. The maximum Gasteiger partial charge on any atom is 0.251 e. The maximum atomic E-state index is 11.9. The fourth-order valence-corrected chi connectivity index (χ4v) is 2.05. The van der Waals surface area contributed by atoms with Crippen LogP contribution in [0.5, 0.6) is 5.75 Å². The van der Waals surface area contributed by atoms with E-state index in [1.54, 1.807) is 30.5 Å². The summed E-state index contributed by atoms with van der Waals surface area (Å²) in [5, 5.41) is 14.8. The highest BCUT2D eigenvalue weighted by molar-refractivity contribution is 6.02. The number of hydrogen-bond acceptors (Lipinski definition) is 3. The fourth-order valence-electron chi connectivity index (χ4n) is 2.05. The number of hydrazone groups is 1. The third kappa shape index (κ3) is 2.20. The van der Waals surface area contributed by atoms with Gasteiger partial charge in [0, 0.05) is 0 Å². The molecule has 0 aromatic heterocycles. The van der Waals surface area contributed by atoms with Crippen LogP contribution in [0.1, 0.15) is 11.1 Å². The largest absolute Gasteiger partial charge is 0.508 e. The lowest BCUT2D eigenvalue weighted by molar-refractivity contribution is -0.117. The number of nitrogens with zero attached hydrogens (tertiary/aromatic N) is 2. The highest BCUT2D eigenvalue weighted by Gasteiger charge is 2.26. The molecule has 4 heteroatoms. The molecule has 1 heterocycles. The first-order valence-corrected chi connectivity index (χ1v) is 5.98. The van der Waals surface area contributed by atoms with E-state index in [0.717, 1.165) is 16.8 Å². The zero-order valence-electron chi connectivity index (χ0n) is 10.2. The summed E-state index contributed by atoms with van der Waals surface area (Å²) in [7, 11) is 0. The monoisotopic (exact) mass is 252 g/mol. The number of fused-ring (bicyclic) bond motifs is 1.